The van der Waals surface area contributed by atoms with Crippen LogP contribution in [0.2, 0.25) is 0 Å². The van der Waals surface area contributed by atoms with Crippen molar-refractivity contribution in [2.24, 2.45) is 0 Å². The van der Waals surface area contributed by atoms with Gasteiger partial charge in [-0.05, 0) is 45.5 Å². The number of rotatable bonds is 6. The number of benzene rings is 1. The summed E-state index contributed by atoms with van der Waals surface area (Å²) in [5.74, 6) is 1.33. The van der Waals surface area contributed by atoms with E-state index in [0.29, 0.717) is 18.0 Å². The van der Waals surface area contributed by atoms with Crippen molar-refractivity contribution in [2.75, 3.05) is 20.7 Å². The van der Waals surface area contributed by atoms with E-state index >= 15 is 0 Å². The molecule has 1 unspecified atom stereocenters. The molecule has 4 nitrogen and oxygen atoms in total. The number of hydrogen-bond acceptors (Lipinski definition) is 4. The van der Waals surface area contributed by atoms with E-state index in [4.69, 9.17) is 9.47 Å². The molecule has 2 N–H and O–H groups in total. The van der Waals surface area contributed by atoms with Gasteiger partial charge < -0.3 is 19.9 Å². The van der Waals surface area contributed by atoms with Gasteiger partial charge in [-0.1, -0.05) is 6.07 Å². The molecule has 0 radical (unpaired) electrons. The fourth-order valence-corrected chi connectivity index (χ4v) is 1.80. The maximum Gasteiger partial charge on any atom is 0.161 e. The molecule has 0 aromatic heterocycles. The molecule has 1 rings (SSSR count). The summed E-state index contributed by atoms with van der Waals surface area (Å²) in [7, 11) is 3.40. The first-order valence-electron chi connectivity index (χ1n) is 6.13. The van der Waals surface area contributed by atoms with E-state index in [1.165, 1.54) is 0 Å². The number of hydrogen-bond donors (Lipinski definition) is 2. The lowest BCUT2D eigenvalue weighted by molar-refractivity contribution is 0.0588. The van der Waals surface area contributed by atoms with Crippen molar-refractivity contribution < 1.29 is 14.6 Å². The van der Waals surface area contributed by atoms with Gasteiger partial charge in [0.1, 0.15) is 0 Å². The second kappa shape index (κ2) is 6.07. The van der Waals surface area contributed by atoms with Crippen molar-refractivity contribution in [1.29, 1.82) is 0 Å². The van der Waals surface area contributed by atoms with Crippen molar-refractivity contribution >= 4 is 0 Å². The van der Waals surface area contributed by atoms with Crippen LogP contribution in [0.25, 0.3) is 0 Å². The minimum atomic E-state index is -0.932. The molecule has 0 fully saturated rings. The largest absolute Gasteiger partial charge is 0.493 e. The van der Waals surface area contributed by atoms with E-state index in [2.05, 4.69) is 5.32 Å². The lowest BCUT2D eigenvalue weighted by atomic mass is 9.95. The number of likely N-dealkylation sites (N-methyl/N-ethyl adjacent to an activating group) is 1. The lowest BCUT2D eigenvalue weighted by Crippen LogP contribution is -2.33. The van der Waals surface area contributed by atoms with Crippen LogP contribution in [0.1, 0.15) is 26.3 Å². The molecule has 0 saturated heterocycles. The quantitative estimate of drug-likeness (QED) is 0.813. The molecule has 0 aliphatic heterocycles. The molecule has 0 aliphatic rings. The van der Waals surface area contributed by atoms with E-state index in [9.17, 15) is 5.11 Å². The maximum absolute atomic E-state index is 10.3. The van der Waals surface area contributed by atoms with Crippen molar-refractivity contribution in [3.05, 3.63) is 23.8 Å². The number of ether oxygens (including phenoxy) is 2. The molecule has 0 amide bonds. The Bertz CT molecular complexity index is 389. The summed E-state index contributed by atoms with van der Waals surface area (Å²) in [4.78, 5) is 0. The highest BCUT2D eigenvalue weighted by molar-refractivity contribution is 5.44. The second-order valence-electron chi connectivity index (χ2n) is 4.84. The summed E-state index contributed by atoms with van der Waals surface area (Å²) in [5.41, 5.74) is -0.136. The Morgan fingerprint density at radius 1 is 1.33 bits per heavy atom. The van der Waals surface area contributed by atoms with Gasteiger partial charge in [-0.3, -0.25) is 0 Å². The zero-order valence-electron chi connectivity index (χ0n) is 11.8. The van der Waals surface area contributed by atoms with Crippen LogP contribution in [0.5, 0.6) is 11.5 Å². The second-order valence-corrected chi connectivity index (χ2v) is 4.84. The predicted molar refractivity (Wildman–Crippen MR) is 72.3 cm³/mol. The Morgan fingerprint density at radius 3 is 2.50 bits per heavy atom. The Morgan fingerprint density at radius 2 is 2.00 bits per heavy atom. The normalized spacial score (nSPS) is 14.4. The van der Waals surface area contributed by atoms with Gasteiger partial charge in [0, 0.05) is 6.54 Å². The molecule has 0 aliphatic carbocycles. The topological polar surface area (TPSA) is 50.7 Å². The highest BCUT2D eigenvalue weighted by Gasteiger charge is 2.23. The minimum absolute atomic E-state index is 0.0857. The highest BCUT2D eigenvalue weighted by atomic mass is 16.5. The third-order valence-electron chi connectivity index (χ3n) is 2.67. The van der Waals surface area contributed by atoms with Crippen molar-refractivity contribution in [3.63, 3.8) is 0 Å². The first-order valence-corrected chi connectivity index (χ1v) is 6.13. The molecule has 102 valence electrons. The van der Waals surface area contributed by atoms with E-state index in [1.807, 2.05) is 39.1 Å². The fraction of sp³-hybridized carbons (Fsp3) is 0.571. The Balaban J connectivity index is 3.05. The molecular formula is C14H23NO3. The highest BCUT2D eigenvalue weighted by Crippen LogP contribution is 2.32. The van der Waals surface area contributed by atoms with Gasteiger partial charge in [-0.25, -0.2) is 0 Å². The lowest BCUT2D eigenvalue weighted by Gasteiger charge is -2.24. The first-order chi connectivity index (χ1) is 8.40. The SMILES string of the molecule is CNCC(C)(O)c1ccc(OC(C)C)c(OC)c1. The van der Waals surface area contributed by atoms with E-state index < -0.39 is 5.60 Å². The van der Waals surface area contributed by atoms with Crippen molar-refractivity contribution in [2.45, 2.75) is 32.5 Å². The standard InChI is InChI=1S/C14H23NO3/c1-10(2)18-12-7-6-11(8-13(12)17-5)14(3,16)9-15-4/h6-8,10,15-16H,9H2,1-5H3. The molecule has 0 spiro atoms. The molecule has 0 bridgehead atoms. The predicted octanol–water partition coefficient (Wildman–Crippen LogP) is 1.91. The molecule has 1 atom stereocenters. The Kier molecular flexibility index (Phi) is 4.99. The van der Waals surface area contributed by atoms with E-state index in [-0.39, 0.29) is 6.10 Å². The van der Waals surface area contributed by atoms with Crippen LogP contribution in [0.15, 0.2) is 18.2 Å². The maximum atomic E-state index is 10.3. The van der Waals surface area contributed by atoms with Gasteiger partial charge in [-0.2, -0.15) is 0 Å². The third kappa shape index (κ3) is 3.62. The molecule has 4 heteroatoms. The summed E-state index contributed by atoms with van der Waals surface area (Å²) >= 11 is 0. The van der Waals surface area contributed by atoms with Gasteiger partial charge in [0.2, 0.25) is 0 Å². The van der Waals surface area contributed by atoms with Gasteiger partial charge in [0.05, 0.1) is 18.8 Å². The van der Waals surface area contributed by atoms with Gasteiger partial charge in [0.25, 0.3) is 0 Å². The molecular weight excluding hydrogens is 230 g/mol. The van der Waals surface area contributed by atoms with E-state index in [1.54, 1.807) is 14.0 Å². The van der Waals surface area contributed by atoms with Gasteiger partial charge in [0.15, 0.2) is 11.5 Å². The molecule has 1 aromatic carbocycles. The summed E-state index contributed by atoms with van der Waals surface area (Å²) < 4.78 is 10.9. The molecule has 0 saturated carbocycles. The van der Waals surface area contributed by atoms with Crippen LogP contribution in [0.3, 0.4) is 0 Å². The van der Waals surface area contributed by atoms with E-state index in [0.717, 1.165) is 5.56 Å². The number of nitrogens with one attached hydrogen (secondary N) is 1. The van der Waals surface area contributed by atoms with Crippen LogP contribution in [-0.2, 0) is 5.60 Å². The summed E-state index contributed by atoms with van der Waals surface area (Å²) in [6, 6.07) is 5.50. The number of methoxy groups -OCH3 is 1. The smallest absolute Gasteiger partial charge is 0.161 e. The Labute approximate surface area is 109 Å². The van der Waals surface area contributed by atoms with Gasteiger partial charge >= 0.3 is 0 Å². The average molecular weight is 253 g/mol. The monoisotopic (exact) mass is 253 g/mol. The zero-order valence-corrected chi connectivity index (χ0v) is 11.8. The average Bonchev–Trinajstić information content (AvgIpc) is 2.28. The molecule has 1 aromatic rings. The van der Waals surface area contributed by atoms with Crippen molar-refractivity contribution in [1.82, 2.24) is 5.32 Å². The third-order valence-corrected chi connectivity index (χ3v) is 2.67. The van der Waals surface area contributed by atoms with Crippen LogP contribution in [0.4, 0.5) is 0 Å². The Hall–Kier alpha value is -1.26. The van der Waals surface area contributed by atoms with Gasteiger partial charge in [-0.15, -0.1) is 0 Å². The van der Waals surface area contributed by atoms with Crippen molar-refractivity contribution in [3.8, 4) is 11.5 Å². The molecule has 18 heavy (non-hydrogen) atoms. The fourth-order valence-electron chi connectivity index (χ4n) is 1.80. The number of aliphatic hydroxyl groups is 1. The van der Waals surface area contributed by atoms with Crippen LogP contribution in [0, 0.1) is 0 Å². The minimum Gasteiger partial charge on any atom is -0.493 e. The van der Waals surface area contributed by atoms with Crippen LogP contribution >= 0.6 is 0 Å². The summed E-state index contributed by atoms with van der Waals surface area (Å²) in [5, 5.41) is 13.3. The zero-order chi connectivity index (χ0) is 13.8. The summed E-state index contributed by atoms with van der Waals surface area (Å²) in [6.45, 7) is 6.16. The molecule has 0 heterocycles. The summed E-state index contributed by atoms with van der Waals surface area (Å²) in [6.07, 6.45) is 0.0857. The van der Waals surface area contributed by atoms with Crippen LogP contribution < -0.4 is 14.8 Å². The van der Waals surface area contributed by atoms with Crippen LogP contribution in [-0.4, -0.2) is 31.9 Å². The first kappa shape index (κ1) is 14.8.